The molecule has 0 unspecified atom stereocenters. The minimum Gasteiger partial charge on any atom is -0.366 e. The summed E-state index contributed by atoms with van der Waals surface area (Å²) in [6, 6.07) is 5.84. The zero-order valence-electron chi connectivity index (χ0n) is 11.2. The SMILES string of the molecule is NC(=O)c1ccc(C(N)=O)cc1.O=C1CCCCCN1. The highest BCUT2D eigenvalue weighted by Gasteiger charge is 2.03. The summed E-state index contributed by atoms with van der Waals surface area (Å²) in [6.07, 6.45) is 4.18. The quantitative estimate of drug-likeness (QED) is 0.733. The lowest BCUT2D eigenvalue weighted by atomic mass is 10.1. The maximum Gasteiger partial charge on any atom is 0.248 e. The van der Waals surface area contributed by atoms with Crippen molar-refractivity contribution in [2.75, 3.05) is 6.54 Å². The molecule has 1 aromatic rings. The van der Waals surface area contributed by atoms with Crippen molar-refractivity contribution in [2.45, 2.75) is 25.7 Å². The molecule has 0 bridgehead atoms. The van der Waals surface area contributed by atoms with E-state index in [4.69, 9.17) is 11.5 Å². The van der Waals surface area contributed by atoms with Crippen molar-refractivity contribution in [3.8, 4) is 0 Å². The summed E-state index contributed by atoms with van der Waals surface area (Å²) >= 11 is 0. The third kappa shape index (κ3) is 5.51. The van der Waals surface area contributed by atoms with E-state index in [2.05, 4.69) is 5.32 Å². The van der Waals surface area contributed by atoms with Crippen LogP contribution in [-0.2, 0) is 4.79 Å². The molecule has 108 valence electrons. The predicted octanol–water partition coefficient (Wildman–Crippen LogP) is 0.561. The first-order valence-electron chi connectivity index (χ1n) is 6.47. The van der Waals surface area contributed by atoms with Crippen molar-refractivity contribution in [3.05, 3.63) is 35.4 Å². The van der Waals surface area contributed by atoms with Crippen LogP contribution in [0.4, 0.5) is 0 Å². The van der Waals surface area contributed by atoms with E-state index in [0.717, 1.165) is 25.8 Å². The Morgan fingerprint density at radius 1 is 0.900 bits per heavy atom. The van der Waals surface area contributed by atoms with Crippen LogP contribution >= 0.6 is 0 Å². The largest absolute Gasteiger partial charge is 0.366 e. The Labute approximate surface area is 117 Å². The van der Waals surface area contributed by atoms with Gasteiger partial charge in [0.05, 0.1) is 0 Å². The van der Waals surface area contributed by atoms with Crippen molar-refractivity contribution in [1.82, 2.24) is 5.32 Å². The number of rotatable bonds is 2. The molecular weight excluding hydrogens is 258 g/mol. The molecule has 0 saturated carbocycles. The second-order valence-corrected chi connectivity index (χ2v) is 4.47. The maximum atomic E-state index is 10.6. The maximum absolute atomic E-state index is 10.6. The fourth-order valence-electron chi connectivity index (χ4n) is 1.70. The Morgan fingerprint density at radius 3 is 1.85 bits per heavy atom. The van der Waals surface area contributed by atoms with Crippen molar-refractivity contribution in [3.63, 3.8) is 0 Å². The van der Waals surface area contributed by atoms with Crippen LogP contribution in [0.3, 0.4) is 0 Å². The first kappa shape index (κ1) is 15.7. The van der Waals surface area contributed by atoms with Crippen LogP contribution in [0.25, 0.3) is 0 Å². The third-order valence-electron chi connectivity index (χ3n) is 2.86. The normalized spacial score (nSPS) is 14.3. The Morgan fingerprint density at radius 2 is 1.40 bits per heavy atom. The molecular formula is C14H19N3O3. The molecule has 6 nitrogen and oxygen atoms in total. The van der Waals surface area contributed by atoms with Gasteiger partial charge in [-0.2, -0.15) is 0 Å². The number of nitrogens with two attached hydrogens (primary N) is 2. The van der Waals surface area contributed by atoms with Gasteiger partial charge in [0.25, 0.3) is 0 Å². The standard InChI is InChI=1S/C8H8N2O2.C6H11NO/c9-7(11)5-1-2-6(4-3-5)8(10)12;8-6-4-2-1-3-5-7-6/h1-4H,(H2,9,11)(H2,10,12);1-5H2,(H,7,8). The second kappa shape index (κ2) is 7.93. The monoisotopic (exact) mass is 277 g/mol. The van der Waals surface area contributed by atoms with Crippen LogP contribution in [0.1, 0.15) is 46.4 Å². The van der Waals surface area contributed by atoms with Crippen LogP contribution in [-0.4, -0.2) is 24.3 Å². The molecule has 2 rings (SSSR count). The fourth-order valence-corrected chi connectivity index (χ4v) is 1.70. The molecule has 0 radical (unpaired) electrons. The molecule has 6 heteroatoms. The highest BCUT2D eigenvalue weighted by Crippen LogP contribution is 2.03. The topological polar surface area (TPSA) is 115 Å². The Bertz CT molecular complexity index is 440. The minimum atomic E-state index is -0.522. The van der Waals surface area contributed by atoms with Crippen molar-refractivity contribution >= 4 is 17.7 Å². The van der Waals surface area contributed by atoms with Crippen LogP contribution in [0, 0.1) is 0 Å². The number of hydrogen-bond donors (Lipinski definition) is 3. The number of benzene rings is 1. The fraction of sp³-hybridized carbons (Fsp3) is 0.357. The van der Waals surface area contributed by atoms with E-state index in [1.807, 2.05) is 0 Å². The zero-order chi connectivity index (χ0) is 15.0. The average molecular weight is 277 g/mol. The van der Waals surface area contributed by atoms with Crippen molar-refractivity contribution in [2.24, 2.45) is 11.5 Å². The molecule has 1 aliphatic rings. The van der Waals surface area contributed by atoms with Crippen molar-refractivity contribution in [1.29, 1.82) is 0 Å². The van der Waals surface area contributed by atoms with Gasteiger partial charge in [0.2, 0.25) is 17.7 Å². The van der Waals surface area contributed by atoms with Gasteiger partial charge < -0.3 is 16.8 Å². The van der Waals surface area contributed by atoms with E-state index < -0.39 is 11.8 Å². The molecule has 0 aromatic heterocycles. The number of primary amides is 2. The van der Waals surface area contributed by atoms with Gasteiger partial charge >= 0.3 is 0 Å². The smallest absolute Gasteiger partial charge is 0.248 e. The molecule has 0 atom stereocenters. The summed E-state index contributed by atoms with van der Waals surface area (Å²) in [5, 5.41) is 2.81. The van der Waals surface area contributed by atoms with Crippen LogP contribution in [0.2, 0.25) is 0 Å². The van der Waals surface area contributed by atoms with E-state index in [-0.39, 0.29) is 5.91 Å². The highest BCUT2D eigenvalue weighted by atomic mass is 16.2. The number of carbonyl (C=O) groups is 3. The van der Waals surface area contributed by atoms with E-state index in [1.54, 1.807) is 0 Å². The molecule has 5 N–H and O–H groups in total. The molecule has 1 fully saturated rings. The highest BCUT2D eigenvalue weighted by molar-refractivity contribution is 5.96. The Balaban J connectivity index is 0.000000217. The lowest BCUT2D eigenvalue weighted by molar-refractivity contribution is -0.120. The van der Waals surface area contributed by atoms with Crippen LogP contribution in [0.5, 0.6) is 0 Å². The molecule has 1 aliphatic heterocycles. The Hall–Kier alpha value is -2.37. The summed E-state index contributed by atoms with van der Waals surface area (Å²) in [5.41, 5.74) is 10.7. The molecule has 1 saturated heterocycles. The first-order valence-corrected chi connectivity index (χ1v) is 6.47. The van der Waals surface area contributed by atoms with Gasteiger partial charge in [-0.1, -0.05) is 6.42 Å². The number of amides is 3. The first-order chi connectivity index (χ1) is 9.50. The van der Waals surface area contributed by atoms with Gasteiger partial charge in [-0.05, 0) is 37.1 Å². The molecule has 20 heavy (non-hydrogen) atoms. The number of hydrogen-bond acceptors (Lipinski definition) is 3. The van der Waals surface area contributed by atoms with Crippen molar-refractivity contribution < 1.29 is 14.4 Å². The number of carbonyl (C=O) groups excluding carboxylic acids is 3. The van der Waals surface area contributed by atoms with E-state index in [0.29, 0.717) is 11.1 Å². The van der Waals surface area contributed by atoms with Crippen LogP contribution in [0.15, 0.2) is 24.3 Å². The lowest BCUT2D eigenvalue weighted by Gasteiger charge is -1.96. The predicted molar refractivity (Wildman–Crippen MR) is 75.0 cm³/mol. The van der Waals surface area contributed by atoms with Gasteiger partial charge in [-0.3, -0.25) is 14.4 Å². The summed E-state index contributed by atoms with van der Waals surface area (Å²) in [6.45, 7) is 0.888. The number of nitrogens with one attached hydrogen (secondary N) is 1. The van der Waals surface area contributed by atoms with Gasteiger partial charge in [-0.25, -0.2) is 0 Å². The average Bonchev–Trinajstić information content (AvgIpc) is 2.67. The Kier molecular flexibility index (Phi) is 6.22. The van der Waals surface area contributed by atoms with Crippen LogP contribution < -0.4 is 16.8 Å². The van der Waals surface area contributed by atoms with E-state index in [9.17, 15) is 14.4 Å². The summed E-state index contributed by atoms with van der Waals surface area (Å²) < 4.78 is 0. The molecule has 0 aliphatic carbocycles. The third-order valence-corrected chi connectivity index (χ3v) is 2.86. The summed E-state index contributed by atoms with van der Waals surface area (Å²) in [7, 11) is 0. The van der Waals surface area contributed by atoms with Gasteiger partial charge in [-0.15, -0.1) is 0 Å². The molecule has 0 spiro atoms. The lowest BCUT2D eigenvalue weighted by Crippen LogP contribution is -2.21. The van der Waals surface area contributed by atoms with E-state index >= 15 is 0 Å². The van der Waals surface area contributed by atoms with E-state index in [1.165, 1.54) is 30.7 Å². The summed E-state index contributed by atoms with van der Waals surface area (Å²) in [4.78, 5) is 31.7. The summed E-state index contributed by atoms with van der Waals surface area (Å²) in [5.74, 6) is -0.820. The minimum absolute atomic E-state index is 0.225. The van der Waals surface area contributed by atoms with Gasteiger partial charge in [0.15, 0.2) is 0 Å². The molecule has 3 amide bonds. The molecule has 1 heterocycles. The second-order valence-electron chi connectivity index (χ2n) is 4.47. The van der Waals surface area contributed by atoms with Gasteiger partial charge in [0.1, 0.15) is 0 Å². The zero-order valence-corrected chi connectivity index (χ0v) is 11.2. The molecule has 1 aromatic carbocycles. The van der Waals surface area contributed by atoms with Gasteiger partial charge in [0, 0.05) is 24.1 Å².